The molecule has 0 aromatic heterocycles. The van der Waals surface area contributed by atoms with Crippen molar-refractivity contribution in [2.45, 2.75) is 18.1 Å². The minimum Gasteiger partial charge on any atom is -0.359 e. The Morgan fingerprint density at radius 1 is 1.64 bits per heavy atom. The molecule has 1 atom stereocenters. The molecule has 0 unspecified atom stereocenters. The van der Waals surface area contributed by atoms with Gasteiger partial charge in [0, 0.05) is 25.6 Å². The summed E-state index contributed by atoms with van der Waals surface area (Å²) < 4.78 is 0. The third-order valence-electron chi connectivity index (χ3n) is 1.85. The van der Waals surface area contributed by atoms with Crippen LogP contribution in [0.2, 0.25) is 0 Å². The van der Waals surface area contributed by atoms with Gasteiger partial charge in [-0.1, -0.05) is 0 Å². The highest BCUT2D eigenvalue weighted by atomic mass is 32.2. The molecule has 3 amide bonds. The molecule has 5 nitrogen and oxygen atoms in total. The van der Waals surface area contributed by atoms with Crippen LogP contribution in [0.25, 0.3) is 0 Å². The van der Waals surface area contributed by atoms with Crippen molar-refractivity contribution in [1.29, 1.82) is 0 Å². The summed E-state index contributed by atoms with van der Waals surface area (Å²) in [5.74, 6) is 0.0389. The Balaban J connectivity index is 2.22. The van der Waals surface area contributed by atoms with Crippen LogP contribution in [-0.2, 0) is 14.4 Å². The molecule has 1 rings (SSSR count). The van der Waals surface area contributed by atoms with Crippen molar-refractivity contribution in [2.24, 2.45) is 0 Å². The van der Waals surface area contributed by atoms with Gasteiger partial charge in [-0.05, 0) is 0 Å². The van der Waals surface area contributed by atoms with E-state index in [0.717, 1.165) is 0 Å². The molecule has 0 aromatic rings. The van der Waals surface area contributed by atoms with Gasteiger partial charge in [-0.2, -0.15) is 0 Å². The van der Waals surface area contributed by atoms with Crippen molar-refractivity contribution < 1.29 is 14.4 Å². The highest BCUT2D eigenvalue weighted by Gasteiger charge is 2.30. The molecule has 1 aliphatic rings. The van der Waals surface area contributed by atoms with E-state index < -0.39 is 0 Å². The largest absolute Gasteiger partial charge is 0.359 e. The normalized spacial score (nSPS) is 20.8. The number of hydrogen-bond donors (Lipinski definition) is 2. The fourth-order valence-electron chi connectivity index (χ4n) is 1.08. The number of thioether (sulfide) groups is 1. The summed E-state index contributed by atoms with van der Waals surface area (Å²) in [6.07, 6.45) is 0.608. The first-order valence-corrected chi connectivity index (χ1v) is 5.34. The monoisotopic (exact) mass is 216 g/mol. The van der Waals surface area contributed by atoms with Crippen LogP contribution in [0, 0.1) is 0 Å². The maximum atomic E-state index is 11.1. The molecule has 1 saturated heterocycles. The average Bonchev–Trinajstić information content (AvgIpc) is 2.45. The van der Waals surface area contributed by atoms with Crippen LogP contribution in [-0.4, -0.2) is 35.8 Å². The highest BCUT2D eigenvalue weighted by molar-refractivity contribution is 8.00. The number of imide groups is 1. The molecule has 6 heteroatoms. The molecule has 1 heterocycles. The van der Waals surface area contributed by atoms with E-state index in [1.54, 1.807) is 7.05 Å². The number of rotatable bonds is 4. The van der Waals surface area contributed by atoms with E-state index in [1.165, 1.54) is 11.8 Å². The SMILES string of the molecule is CNC(=O)CCS[C@H]1CC(=O)NC1=O. The van der Waals surface area contributed by atoms with E-state index in [4.69, 9.17) is 0 Å². The second-order valence-corrected chi connectivity index (χ2v) is 4.21. The summed E-state index contributed by atoms with van der Waals surface area (Å²) >= 11 is 1.35. The minimum absolute atomic E-state index is 0.0535. The van der Waals surface area contributed by atoms with Crippen LogP contribution in [0.4, 0.5) is 0 Å². The van der Waals surface area contributed by atoms with E-state index in [9.17, 15) is 14.4 Å². The second kappa shape index (κ2) is 4.99. The zero-order chi connectivity index (χ0) is 10.6. The maximum absolute atomic E-state index is 11.1. The summed E-state index contributed by atoms with van der Waals surface area (Å²) in [6, 6.07) is 0. The standard InChI is InChI=1S/C8H12N2O3S/c1-9-6(11)2-3-14-5-4-7(12)10-8(5)13/h5H,2-4H2,1H3,(H,9,11)(H,10,12,13)/t5-/m0/s1. The fraction of sp³-hybridized carbons (Fsp3) is 0.625. The third kappa shape index (κ3) is 3.02. The van der Waals surface area contributed by atoms with Gasteiger partial charge in [-0.25, -0.2) is 0 Å². The maximum Gasteiger partial charge on any atom is 0.240 e. The summed E-state index contributed by atoms with van der Waals surface area (Å²) in [5, 5.41) is 4.40. The highest BCUT2D eigenvalue weighted by Crippen LogP contribution is 2.19. The van der Waals surface area contributed by atoms with Gasteiger partial charge >= 0.3 is 0 Å². The van der Waals surface area contributed by atoms with Crippen LogP contribution < -0.4 is 10.6 Å². The van der Waals surface area contributed by atoms with Gasteiger partial charge < -0.3 is 5.32 Å². The molecule has 0 spiro atoms. The second-order valence-electron chi connectivity index (χ2n) is 2.90. The topological polar surface area (TPSA) is 75.3 Å². The molecule has 0 aliphatic carbocycles. The van der Waals surface area contributed by atoms with Crippen LogP contribution in [0.5, 0.6) is 0 Å². The van der Waals surface area contributed by atoms with Gasteiger partial charge in [-0.3, -0.25) is 19.7 Å². The Kier molecular flexibility index (Phi) is 3.94. The third-order valence-corrected chi connectivity index (χ3v) is 3.08. The van der Waals surface area contributed by atoms with E-state index in [0.29, 0.717) is 12.2 Å². The molecule has 78 valence electrons. The first-order chi connectivity index (χ1) is 6.63. The lowest BCUT2D eigenvalue weighted by Crippen LogP contribution is -2.24. The quantitative estimate of drug-likeness (QED) is 0.608. The number of amides is 3. The van der Waals surface area contributed by atoms with Crippen molar-refractivity contribution in [2.75, 3.05) is 12.8 Å². The van der Waals surface area contributed by atoms with E-state index >= 15 is 0 Å². The molecule has 0 saturated carbocycles. The van der Waals surface area contributed by atoms with Gasteiger partial charge in [0.25, 0.3) is 0 Å². The number of nitrogens with one attached hydrogen (secondary N) is 2. The van der Waals surface area contributed by atoms with Crippen molar-refractivity contribution in [3.05, 3.63) is 0 Å². The van der Waals surface area contributed by atoms with Crippen molar-refractivity contribution in [1.82, 2.24) is 10.6 Å². The smallest absolute Gasteiger partial charge is 0.240 e. The lowest BCUT2D eigenvalue weighted by Gasteiger charge is -2.04. The molecule has 0 bridgehead atoms. The molecule has 14 heavy (non-hydrogen) atoms. The minimum atomic E-state index is -0.313. The molecule has 2 N–H and O–H groups in total. The Hall–Kier alpha value is -1.04. The number of carbonyl (C=O) groups excluding carboxylic acids is 3. The van der Waals surface area contributed by atoms with Gasteiger partial charge in [0.15, 0.2) is 0 Å². The van der Waals surface area contributed by atoms with Gasteiger partial charge in [0.1, 0.15) is 0 Å². The predicted octanol–water partition coefficient (Wildman–Crippen LogP) is -0.729. The molecule has 1 fully saturated rings. The molecule has 0 radical (unpaired) electrons. The van der Waals surface area contributed by atoms with Gasteiger partial charge in [0.2, 0.25) is 17.7 Å². The Morgan fingerprint density at radius 2 is 2.36 bits per heavy atom. The molecule has 0 aromatic carbocycles. The Morgan fingerprint density at radius 3 is 2.86 bits per heavy atom. The van der Waals surface area contributed by atoms with E-state index in [-0.39, 0.29) is 29.4 Å². The van der Waals surface area contributed by atoms with Gasteiger partial charge in [-0.15, -0.1) is 11.8 Å². The fourth-order valence-corrected chi connectivity index (χ4v) is 2.15. The number of carbonyl (C=O) groups is 3. The lowest BCUT2D eigenvalue weighted by atomic mass is 10.4. The van der Waals surface area contributed by atoms with E-state index in [2.05, 4.69) is 10.6 Å². The van der Waals surface area contributed by atoms with Gasteiger partial charge in [0.05, 0.1) is 5.25 Å². The summed E-state index contributed by atoms with van der Waals surface area (Å²) in [4.78, 5) is 32.7. The summed E-state index contributed by atoms with van der Waals surface area (Å²) in [5.41, 5.74) is 0. The van der Waals surface area contributed by atoms with Crippen molar-refractivity contribution >= 4 is 29.5 Å². The zero-order valence-electron chi connectivity index (χ0n) is 7.83. The number of hydrogen-bond acceptors (Lipinski definition) is 4. The van der Waals surface area contributed by atoms with Crippen LogP contribution in [0.15, 0.2) is 0 Å². The van der Waals surface area contributed by atoms with E-state index in [1.807, 2.05) is 0 Å². The Bertz CT molecular complexity index is 267. The average molecular weight is 216 g/mol. The summed E-state index contributed by atoms with van der Waals surface area (Å²) in [7, 11) is 1.57. The predicted molar refractivity (Wildman–Crippen MR) is 52.7 cm³/mol. The lowest BCUT2D eigenvalue weighted by molar-refractivity contribution is -0.125. The zero-order valence-corrected chi connectivity index (χ0v) is 8.65. The van der Waals surface area contributed by atoms with Crippen LogP contribution in [0.1, 0.15) is 12.8 Å². The first-order valence-electron chi connectivity index (χ1n) is 4.29. The Labute approximate surface area is 86.0 Å². The van der Waals surface area contributed by atoms with Crippen LogP contribution in [0.3, 0.4) is 0 Å². The summed E-state index contributed by atoms with van der Waals surface area (Å²) in [6.45, 7) is 0. The van der Waals surface area contributed by atoms with Crippen molar-refractivity contribution in [3.8, 4) is 0 Å². The molecular formula is C8H12N2O3S. The molecule has 1 aliphatic heterocycles. The van der Waals surface area contributed by atoms with Crippen LogP contribution >= 0.6 is 11.8 Å². The van der Waals surface area contributed by atoms with Crippen molar-refractivity contribution in [3.63, 3.8) is 0 Å². The first kappa shape index (κ1) is 11.0. The molecular weight excluding hydrogens is 204 g/mol.